The number of hydroxylamine groups is 2. The van der Waals surface area contributed by atoms with Crippen LogP contribution in [-0.2, 0) is 25.7 Å². The molecule has 1 heterocycles. The first-order valence-electron chi connectivity index (χ1n) is 11.6. The minimum absolute atomic E-state index is 0.0177. The van der Waals surface area contributed by atoms with Crippen LogP contribution >= 0.6 is 0 Å². The number of benzene rings is 1. The second kappa shape index (κ2) is 14.1. The fourth-order valence-corrected chi connectivity index (χ4v) is 3.27. The molecule has 2 amide bonds. The Balaban J connectivity index is 1.70. The summed E-state index contributed by atoms with van der Waals surface area (Å²) in [4.78, 5) is 32.6. The highest BCUT2D eigenvalue weighted by Gasteiger charge is 2.17. The van der Waals surface area contributed by atoms with Crippen molar-refractivity contribution in [2.75, 3.05) is 46.0 Å². The first-order valence-corrected chi connectivity index (χ1v) is 11.6. The Morgan fingerprint density at radius 1 is 1.09 bits per heavy atom. The average molecular weight is 450 g/mol. The summed E-state index contributed by atoms with van der Waals surface area (Å²) >= 11 is 0. The van der Waals surface area contributed by atoms with Crippen LogP contribution in [0.15, 0.2) is 30.3 Å². The molecule has 8 nitrogen and oxygen atoms in total. The second-order valence-electron chi connectivity index (χ2n) is 8.94. The summed E-state index contributed by atoms with van der Waals surface area (Å²) in [6.45, 7) is 11.0. The number of unbranched alkanes of at least 4 members (excludes halogenated alkanes) is 2. The van der Waals surface area contributed by atoms with Gasteiger partial charge in [0.25, 0.3) is 0 Å². The molecule has 2 rings (SSSR count). The van der Waals surface area contributed by atoms with Crippen molar-refractivity contribution in [1.82, 2.24) is 15.3 Å². The minimum Gasteiger partial charge on any atom is -0.444 e. The highest BCUT2D eigenvalue weighted by Crippen LogP contribution is 2.11. The molecular formula is C24H39N3O5. The van der Waals surface area contributed by atoms with Gasteiger partial charge in [-0.15, -0.1) is 0 Å². The quantitative estimate of drug-likeness (QED) is 0.389. The number of hydrogen-bond acceptors (Lipinski definition) is 6. The normalized spacial score (nSPS) is 14.7. The Bertz CT molecular complexity index is 672. The molecule has 1 saturated heterocycles. The molecule has 1 aliphatic rings. The monoisotopic (exact) mass is 449 g/mol. The van der Waals surface area contributed by atoms with Crippen LogP contribution in [0.3, 0.4) is 0 Å². The van der Waals surface area contributed by atoms with E-state index in [0.717, 1.165) is 57.7 Å². The van der Waals surface area contributed by atoms with Gasteiger partial charge in [0.15, 0.2) is 0 Å². The van der Waals surface area contributed by atoms with Gasteiger partial charge in [-0.2, -0.15) is 0 Å². The molecule has 0 spiro atoms. The zero-order valence-electron chi connectivity index (χ0n) is 19.8. The molecular weight excluding hydrogens is 410 g/mol. The Labute approximate surface area is 192 Å². The summed E-state index contributed by atoms with van der Waals surface area (Å²) in [5, 5.41) is 4.24. The Morgan fingerprint density at radius 2 is 1.81 bits per heavy atom. The van der Waals surface area contributed by atoms with Crippen LogP contribution in [0, 0.1) is 0 Å². The molecule has 0 atom stereocenters. The van der Waals surface area contributed by atoms with Gasteiger partial charge in [0.1, 0.15) is 5.60 Å². The molecule has 1 aromatic rings. The molecule has 1 aromatic carbocycles. The number of hydrogen-bond donors (Lipinski definition) is 1. The predicted molar refractivity (Wildman–Crippen MR) is 123 cm³/mol. The molecule has 0 saturated carbocycles. The van der Waals surface area contributed by atoms with Crippen molar-refractivity contribution in [3.8, 4) is 0 Å². The molecule has 180 valence electrons. The number of nitrogens with zero attached hydrogens (tertiary/aromatic N) is 2. The van der Waals surface area contributed by atoms with Gasteiger partial charge in [-0.25, -0.2) is 9.86 Å². The van der Waals surface area contributed by atoms with Gasteiger partial charge in [0.2, 0.25) is 5.91 Å². The molecule has 0 radical (unpaired) electrons. The molecule has 0 aliphatic carbocycles. The third-order valence-corrected chi connectivity index (χ3v) is 4.94. The lowest BCUT2D eigenvalue weighted by Crippen LogP contribution is -2.40. The first-order chi connectivity index (χ1) is 15.3. The summed E-state index contributed by atoms with van der Waals surface area (Å²) in [6, 6.07) is 9.87. The Hall–Kier alpha value is -2.16. The second-order valence-corrected chi connectivity index (χ2v) is 8.94. The zero-order chi connectivity index (χ0) is 23.2. The van der Waals surface area contributed by atoms with Crippen LogP contribution < -0.4 is 5.32 Å². The maximum Gasteiger partial charge on any atom is 0.407 e. The third-order valence-electron chi connectivity index (χ3n) is 4.94. The topological polar surface area (TPSA) is 80.3 Å². The lowest BCUT2D eigenvalue weighted by atomic mass is 10.1. The van der Waals surface area contributed by atoms with Gasteiger partial charge in [0.05, 0.1) is 26.4 Å². The van der Waals surface area contributed by atoms with Crippen LogP contribution in [0.25, 0.3) is 0 Å². The summed E-state index contributed by atoms with van der Waals surface area (Å²) < 4.78 is 10.6. The maximum absolute atomic E-state index is 12.8. The lowest BCUT2D eigenvalue weighted by Gasteiger charge is -2.28. The first kappa shape index (κ1) is 26.1. The smallest absolute Gasteiger partial charge is 0.407 e. The van der Waals surface area contributed by atoms with Crippen molar-refractivity contribution < 1.29 is 23.9 Å². The van der Waals surface area contributed by atoms with Crippen LogP contribution in [0.2, 0.25) is 0 Å². The molecule has 0 aromatic heterocycles. The van der Waals surface area contributed by atoms with Gasteiger partial charge < -0.3 is 14.8 Å². The molecule has 1 aliphatic heterocycles. The van der Waals surface area contributed by atoms with E-state index in [1.165, 1.54) is 5.06 Å². The number of rotatable bonds is 12. The molecule has 32 heavy (non-hydrogen) atoms. The van der Waals surface area contributed by atoms with Crippen LogP contribution in [-0.4, -0.2) is 73.6 Å². The summed E-state index contributed by atoms with van der Waals surface area (Å²) in [7, 11) is 0. The largest absolute Gasteiger partial charge is 0.444 e. The van der Waals surface area contributed by atoms with Gasteiger partial charge in [0, 0.05) is 32.6 Å². The van der Waals surface area contributed by atoms with E-state index in [-0.39, 0.29) is 5.91 Å². The summed E-state index contributed by atoms with van der Waals surface area (Å²) in [6.07, 6.45) is 2.39. The number of amides is 2. The van der Waals surface area contributed by atoms with Gasteiger partial charge in [-0.3, -0.25) is 14.5 Å². The highest BCUT2D eigenvalue weighted by atomic mass is 16.7. The van der Waals surface area contributed by atoms with Crippen LogP contribution in [0.1, 0.15) is 52.0 Å². The molecule has 1 N–H and O–H groups in total. The van der Waals surface area contributed by atoms with E-state index in [0.29, 0.717) is 26.1 Å². The van der Waals surface area contributed by atoms with E-state index in [1.54, 1.807) is 0 Å². The van der Waals surface area contributed by atoms with E-state index in [1.807, 2.05) is 51.1 Å². The van der Waals surface area contributed by atoms with Crippen molar-refractivity contribution in [3.05, 3.63) is 35.9 Å². The number of morpholine rings is 1. The summed E-state index contributed by atoms with van der Waals surface area (Å²) in [5.41, 5.74) is 0.536. The maximum atomic E-state index is 12.8. The minimum atomic E-state index is -0.500. The molecule has 8 heteroatoms. The number of alkyl carbamates (subject to hydrolysis) is 1. The number of nitrogens with one attached hydrogen (secondary N) is 1. The fourth-order valence-electron chi connectivity index (χ4n) is 3.27. The van der Waals surface area contributed by atoms with Gasteiger partial charge in [-0.1, -0.05) is 36.8 Å². The highest BCUT2D eigenvalue weighted by molar-refractivity contribution is 5.75. The molecule has 0 bridgehead atoms. The molecule has 0 unspecified atom stereocenters. The van der Waals surface area contributed by atoms with E-state index < -0.39 is 11.7 Å². The fraction of sp³-hybridized carbons (Fsp3) is 0.667. The Morgan fingerprint density at radius 3 is 2.50 bits per heavy atom. The van der Waals surface area contributed by atoms with E-state index >= 15 is 0 Å². The molecule has 1 fully saturated rings. The number of carbonyl (C=O) groups excluding carboxylic acids is 2. The summed E-state index contributed by atoms with van der Waals surface area (Å²) in [5.74, 6) is -0.0177. The van der Waals surface area contributed by atoms with Crippen LogP contribution in [0.4, 0.5) is 4.79 Å². The van der Waals surface area contributed by atoms with E-state index in [4.69, 9.17) is 14.3 Å². The van der Waals surface area contributed by atoms with Crippen molar-refractivity contribution in [3.63, 3.8) is 0 Å². The van der Waals surface area contributed by atoms with Gasteiger partial charge >= 0.3 is 6.09 Å². The van der Waals surface area contributed by atoms with Crippen molar-refractivity contribution in [1.29, 1.82) is 0 Å². The number of ether oxygens (including phenoxy) is 2. The van der Waals surface area contributed by atoms with E-state index in [9.17, 15) is 9.59 Å². The average Bonchev–Trinajstić information content (AvgIpc) is 2.75. The van der Waals surface area contributed by atoms with Gasteiger partial charge in [-0.05, 0) is 39.2 Å². The van der Waals surface area contributed by atoms with E-state index in [2.05, 4.69) is 10.2 Å². The van der Waals surface area contributed by atoms with Crippen molar-refractivity contribution >= 4 is 12.0 Å². The van der Waals surface area contributed by atoms with Crippen molar-refractivity contribution in [2.24, 2.45) is 0 Å². The SMILES string of the molecule is CC(C)(C)OC(=O)NCCCCCC(=O)N(Cc1ccccc1)OCCN1CCOCC1. The third kappa shape index (κ3) is 11.5. The predicted octanol–water partition coefficient (Wildman–Crippen LogP) is 3.36. The van der Waals surface area contributed by atoms with Crippen LogP contribution in [0.5, 0.6) is 0 Å². The van der Waals surface area contributed by atoms with Crippen molar-refractivity contribution in [2.45, 2.75) is 58.6 Å². The Kier molecular flexibility index (Phi) is 11.5. The zero-order valence-corrected chi connectivity index (χ0v) is 19.8. The number of carbonyl (C=O) groups is 2. The lowest BCUT2D eigenvalue weighted by molar-refractivity contribution is -0.192. The standard InChI is InChI=1S/C24H39N3O5/c1-24(2,3)32-23(29)25-13-9-5-8-12-22(28)27(20-21-10-6-4-7-11-21)31-19-16-26-14-17-30-18-15-26/h4,6-7,10-11H,5,8-9,12-20H2,1-3H3,(H,25,29).